The lowest BCUT2D eigenvalue weighted by atomic mass is 10.3. The predicted molar refractivity (Wildman–Crippen MR) is 95.3 cm³/mol. The Hall–Kier alpha value is -1.96. The fourth-order valence-corrected chi connectivity index (χ4v) is 2.71. The first kappa shape index (κ1) is 15.9. The lowest BCUT2D eigenvalue weighted by Crippen LogP contribution is -2.47. The predicted octanol–water partition coefficient (Wildman–Crippen LogP) is 1.73. The molecule has 0 spiro atoms. The number of piperazine rings is 1. The molecule has 23 heavy (non-hydrogen) atoms. The summed E-state index contributed by atoms with van der Waals surface area (Å²) >= 11 is 3.36. The van der Waals surface area contributed by atoms with Crippen LogP contribution in [0.1, 0.15) is 5.69 Å². The molecule has 8 heteroatoms. The van der Waals surface area contributed by atoms with Gasteiger partial charge in [-0.25, -0.2) is 15.0 Å². The second kappa shape index (κ2) is 6.66. The SMILES string of the molecule is Cc1cc(N2CCN(c3ncc(Br)cn3)CC2)nc(N(C)C)n1. The molecule has 0 radical (unpaired) electrons. The fourth-order valence-electron chi connectivity index (χ4n) is 2.50. The van der Waals surface area contributed by atoms with Gasteiger partial charge in [-0.3, -0.25) is 0 Å². The topological polar surface area (TPSA) is 61.3 Å². The summed E-state index contributed by atoms with van der Waals surface area (Å²) in [6.45, 7) is 5.54. The number of rotatable bonds is 3. The van der Waals surface area contributed by atoms with Gasteiger partial charge in [-0.2, -0.15) is 4.98 Å². The molecule has 0 bridgehead atoms. The molecule has 0 atom stereocenters. The summed E-state index contributed by atoms with van der Waals surface area (Å²) in [5, 5.41) is 0. The van der Waals surface area contributed by atoms with Crippen LogP contribution in [-0.2, 0) is 0 Å². The van der Waals surface area contributed by atoms with Crippen molar-refractivity contribution in [1.29, 1.82) is 0 Å². The van der Waals surface area contributed by atoms with Gasteiger partial charge in [0.15, 0.2) is 0 Å². The van der Waals surface area contributed by atoms with E-state index in [9.17, 15) is 0 Å². The highest BCUT2D eigenvalue weighted by atomic mass is 79.9. The van der Waals surface area contributed by atoms with Crippen molar-refractivity contribution in [1.82, 2.24) is 19.9 Å². The van der Waals surface area contributed by atoms with E-state index in [1.165, 1.54) is 0 Å². The maximum atomic E-state index is 4.65. The van der Waals surface area contributed by atoms with Crippen molar-refractivity contribution in [3.8, 4) is 0 Å². The molecule has 1 fully saturated rings. The average Bonchev–Trinajstić information content (AvgIpc) is 2.55. The average molecular weight is 378 g/mol. The van der Waals surface area contributed by atoms with Gasteiger partial charge in [0, 0.05) is 64.4 Å². The van der Waals surface area contributed by atoms with Crippen LogP contribution in [-0.4, -0.2) is 60.2 Å². The first-order chi connectivity index (χ1) is 11.0. The molecule has 7 nitrogen and oxygen atoms in total. The van der Waals surface area contributed by atoms with Crippen molar-refractivity contribution in [3.05, 3.63) is 28.6 Å². The van der Waals surface area contributed by atoms with Crippen LogP contribution in [0, 0.1) is 6.92 Å². The first-order valence-electron chi connectivity index (χ1n) is 7.53. The minimum absolute atomic E-state index is 0.749. The maximum absolute atomic E-state index is 4.65. The molecule has 0 aliphatic carbocycles. The van der Waals surface area contributed by atoms with E-state index in [1.807, 2.05) is 32.0 Å². The van der Waals surface area contributed by atoms with E-state index < -0.39 is 0 Å². The van der Waals surface area contributed by atoms with E-state index in [0.29, 0.717) is 0 Å². The highest BCUT2D eigenvalue weighted by molar-refractivity contribution is 9.10. The van der Waals surface area contributed by atoms with Crippen LogP contribution < -0.4 is 14.7 Å². The molecular formula is C15H20BrN7. The summed E-state index contributed by atoms with van der Waals surface area (Å²) in [5.41, 5.74) is 0.984. The van der Waals surface area contributed by atoms with Gasteiger partial charge in [-0.05, 0) is 22.9 Å². The molecule has 2 aromatic heterocycles. The second-order valence-corrected chi connectivity index (χ2v) is 6.65. The fraction of sp³-hybridized carbons (Fsp3) is 0.467. The molecule has 0 aromatic carbocycles. The zero-order chi connectivity index (χ0) is 16.4. The van der Waals surface area contributed by atoms with E-state index in [0.717, 1.165) is 54.1 Å². The van der Waals surface area contributed by atoms with E-state index in [4.69, 9.17) is 0 Å². The molecule has 0 amide bonds. The third-order valence-electron chi connectivity index (χ3n) is 3.72. The van der Waals surface area contributed by atoms with Crippen molar-refractivity contribution in [2.45, 2.75) is 6.92 Å². The third-order valence-corrected chi connectivity index (χ3v) is 4.13. The van der Waals surface area contributed by atoms with Crippen LogP contribution >= 0.6 is 15.9 Å². The van der Waals surface area contributed by atoms with Gasteiger partial charge in [-0.15, -0.1) is 0 Å². The molecule has 0 saturated carbocycles. The second-order valence-electron chi connectivity index (χ2n) is 5.74. The molecule has 1 aliphatic heterocycles. The number of anilines is 3. The molecule has 2 aromatic rings. The maximum Gasteiger partial charge on any atom is 0.226 e. The van der Waals surface area contributed by atoms with Gasteiger partial charge in [-0.1, -0.05) is 0 Å². The summed E-state index contributed by atoms with van der Waals surface area (Å²) in [5.74, 6) is 2.51. The van der Waals surface area contributed by atoms with Crippen LogP contribution in [0.5, 0.6) is 0 Å². The molecule has 0 N–H and O–H groups in total. The Balaban J connectivity index is 1.70. The standard InChI is InChI=1S/C15H20BrN7/c1-11-8-13(20-15(19-11)21(2)3)22-4-6-23(7-5-22)14-17-9-12(16)10-18-14/h8-10H,4-7H2,1-3H3. The first-order valence-corrected chi connectivity index (χ1v) is 8.32. The zero-order valence-corrected chi connectivity index (χ0v) is 15.2. The van der Waals surface area contributed by atoms with Crippen molar-refractivity contribution in [3.63, 3.8) is 0 Å². The van der Waals surface area contributed by atoms with E-state index in [2.05, 4.69) is 45.7 Å². The van der Waals surface area contributed by atoms with E-state index in [-0.39, 0.29) is 0 Å². The summed E-state index contributed by atoms with van der Waals surface area (Å²) < 4.78 is 0.896. The van der Waals surface area contributed by atoms with Gasteiger partial charge in [0.1, 0.15) is 5.82 Å². The smallest absolute Gasteiger partial charge is 0.226 e. The van der Waals surface area contributed by atoms with Crippen molar-refractivity contribution >= 4 is 33.6 Å². The van der Waals surface area contributed by atoms with Gasteiger partial charge in [0.25, 0.3) is 0 Å². The quantitative estimate of drug-likeness (QED) is 0.806. The molecule has 1 saturated heterocycles. The van der Waals surface area contributed by atoms with Gasteiger partial charge >= 0.3 is 0 Å². The molecular weight excluding hydrogens is 358 g/mol. The van der Waals surface area contributed by atoms with Crippen LogP contribution in [0.2, 0.25) is 0 Å². The normalized spacial score (nSPS) is 15.0. The van der Waals surface area contributed by atoms with Crippen molar-refractivity contribution < 1.29 is 0 Å². The number of halogens is 1. The Morgan fingerprint density at radius 1 is 1.00 bits per heavy atom. The van der Waals surface area contributed by atoms with E-state index in [1.54, 1.807) is 12.4 Å². The number of nitrogens with zero attached hydrogens (tertiary/aromatic N) is 7. The molecule has 3 rings (SSSR count). The minimum Gasteiger partial charge on any atom is -0.353 e. The highest BCUT2D eigenvalue weighted by Crippen LogP contribution is 2.19. The Morgan fingerprint density at radius 2 is 1.61 bits per heavy atom. The summed E-state index contributed by atoms with van der Waals surface area (Å²) in [4.78, 5) is 24.3. The third kappa shape index (κ3) is 3.69. The monoisotopic (exact) mass is 377 g/mol. The largest absolute Gasteiger partial charge is 0.353 e. The molecule has 0 unspecified atom stereocenters. The van der Waals surface area contributed by atoms with Crippen LogP contribution in [0.25, 0.3) is 0 Å². The van der Waals surface area contributed by atoms with Gasteiger partial charge in [0.2, 0.25) is 11.9 Å². The Labute approximate surface area is 144 Å². The Bertz CT molecular complexity index is 666. The summed E-state index contributed by atoms with van der Waals surface area (Å²) in [6.07, 6.45) is 3.57. The molecule has 3 heterocycles. The summed E-state index contributed by atoms with van der Waals surface area (Å²) in [6, 6.07) is 2.04. The van der Waals surface area contributed by atoms with Crippen LogP contribution in [0.4, 0.5) is 17.7 Å². The van der Waals surface area contributed by atoms with Gasteiger partial charge < -0.3 is 14.7 Å². The number of aryl methyl sites for hydroxylation is 1. The highest BCUT2D eigenvalue weighted by Gasteiger charge is 2.20. The Morgan fingerprint density at radius 3 is 2.22 bits per heavy atom. The van der Waals surface area contributed by atoms with Crippen molar-refractivity contribution in [2.24, 2.45) is 0 Å². The lowest BCUT2D eigenvalue weighted by Gasteiger charge is -2.35. The molecule has 1 aliphatic rings. The Kier molecular flexibility index (Phi) is 4.61. The summed E-state index contributed by atoms with van der Waals surface area (Å²) in [7, 11) is 3.92. The molecule has 122 valence electrons. The number of hydrogen-bond acceptors (Lipinski definition) is 7. The van der Waals surface area contributed by atoms with Crippen molar-refractivity contribution in [2.75, 3.05) is 55.0 Å². The minimum atomic E-state index is 0.749. The lowest BCUT2D eigenvalue weighted by molar-refractivity contribution is 0.633. The van der Waals surface area contributed by atoms with Crippen LogP contribution in [0.3, 0.4) is 0 Å². The van der Waals surface area contributed by atoms with E-state index >= 15 is 0 Å². The number of hydrogen-bond donors (Lipinski definition) is 0. The van der Waals surface area contributed by atoms with Crippen LogP contribution in [0.15, 0.2) is 22.9 Å². The number of aromatic nitrogens is 4. The van der Waals surface area contributed by atoms with Gasteiger partial charge in [0.05, 0.1) is 4.47 Å². The zero-order valence-electron chi connectivity index (χ0n) is 13.6.